The predicted molar refractivity (Wildman–Crippen MR) is 85.0 cm³/mol. The maximum absolute atomic E-state index is 12.2. The summed E-state index contributed by atoms with van der Waals surface area (Å²) < 4.78 is 15.1. The molecule has 1 heterocycles. The molecular weight excluding hydrogens is 322 g/mol. The molecule has 122 valence electrons. The zero-order valence-corrected chi connectivity index (χ0v) is 13.6. The summed E-state index contributed by atoms with van der Waals surface area (Å²) in [5, 5.41) is 3.17. The minimum absolute atomic E-state index is 0.0320. The minimum atomic E-state index is -1.01. The van der Waals surface area contributed by atoms with Gasteiger partial charge in [0.05, 0.1) is 19.1 Å². The van der Waals surface area contributed by atoms with Crippen LogP contribution in [0.5, 0.6) is 5.75 Å². The monoisotopic (exact) mass is 337 g/mol. The highest BCUT2D eigenvalue weighted by molar-refractivity contribution is 6.31. The smallest absolute Gasteiger partial charge is 0.374 e. The summed E-state index contributed by atoms with van der Waals surface area (Å²) in [5.74, 6) is -0.759. The predicted octanol–water partition coefficient (Wildman–Crippen LogP) is 3.43. The third kappa shape index (κ3) is 4.04. The summed E-state index contributed by atoms with van der Waals surface area (Å²) >= 11 is 6.02. The van der Waals surface area contributed by atoms with Gasteiger partial charge in [0.15, 0.2) is 6.10 Å². The first kappa shape index (κ1) is 16.9. The van der Waals surface area contributed by atoms with Crippen molar-refractivity contribution in [3.05, 3.63) is 46.9 Å². The molecule has 0 spiro atoms. The quantitative estimate of drug-likeness (QED) is 0.846. The standard InChI is InChI=1S/C16H16ClNO5/c1-9-7-12(14(21-3)8-11(9)17)18-15(19)10(2)23-16(20)13-5-4-6-22-13/h4-8,10H,1-3H3,(H,18,19)/t10-/m0/s1. The average molecular weight is 338 g/mol. The van der Waals surface area contributed by atoms with Crippen LogP contribution in [0.1, 0.15) is 23.0 Å². The normalized spacial score (nSPS) is 11.7. The molecule has 6 nitrogen and oxygen atoms in total. The number of halogens is 1. The summed E-state index contributed by atoms with van der Waals surface area (Å²) in [4.78, 5) is 23.9. The molecule has 1 atom stereocenters. The Morgan fingerprint density at radius 2 is 2.09 bits per heavy atom. The van der Waals surface area contributed by atoms with Gasteiger partial charge in [0, 0.05) is 11.1 Å². The fourth-order valence-corrected chi connectivity index (χ4v) is 1.98. The molecule has 1 amide bonds. The molecule has 2 aromatic rings. The van der Waals surface area contributed by atoms with E-state index in [0.717, 1.165) is 5.56 Å². The molecule has 0 saturated carbocycles. The van der Waals surface area contributed by atoms with E-state index in [1.807, 2.05) is 0 Å². The van der Waals surface area contributed by atoms with Crippen molar-refractivity contribution < 1.29 is 23.5 Å². The molecule has 1 aromatic heterocycles. The lowest BCUT2D eigenvalue weighted by molar-refractivity contribution is -0.123. The zero-order chi connectivity index (χ0) is 17.0. The third-order valence-electron chi connectivity index (χ3n) is 3.11. The lowest BCUT2D eigenvalue weighted by Gasteiger charge is -2.15. The summed E-state index contributed by atoms with van der Waals surface area (Å²) in [6.45, 7) is 3.27. The average Bonchev–Trinajstić information content (AvgIpc) is 3.04. The Morgan fingerprint density at radius 1 is 1.35 bits per heavy atom. The lowest BCUT2D eigenvalue weighted by Crippen LogP contribution is -2.30. The van der Waals surface area contributed by atoms with Crippen LogP contribution in [0.3, 0.4) is 0 Å². The van der Waals surface area contributed by atoms with Gasteiger partial charge < -0.3 is 19.2 Å². The second-order valence-corrected chi connectivity index (χ2v) is 5.22. The van der Waals surface area contributed by atoms with E-state index in [-0.39, 0.29) is 5.76 Å². The molecule has 2 rings (SSSR count). The van der Waals surface area contributed by atoms with Crippen LogP contribution in [0.15, 0.2) is 34.9 Å². The molecule has 0 saturated heterocycles. The number of methoxy groups -OCH3 is 1. The number of ether oxygens (including phenoxy) is 2. The van der Waals surface area contributed by atoms with Crippen molar-refractivity contribution in [1.82, 2.24) is 0 Å². The van der Waals surface area contributed by atoms with Crippen LogP contribution in [0.25, 0.3) is 0 Å². The van der Waals surface area contributed by atoms with E-state index in [2.05, 4.69) is 5.32 Å². The number of amides is 1. The summed E-state index contributed by atoms with van der Waals surface area (Å²) in [6.07, 6.45) is 0.344. The molecule has 0 fully saturated rings. The number of hydrogen-bond acceptors (Lipinski definition) is 5. The molecule has 0 aliphatic heterocycles. The van der Waals surface area contributed by atoms with E-state index < -0.39 is 18.0 Å². The van der Waals surface area contributed by atoms with Crippen molar-refractivity contribution in [2.24, 2.45) is 0 Å². The first-order valence-corrected chi connectivity index (χ1v) is 7.19. The number of nitrogens with one attached hydrogen (secondary N) is 1. The molecule has 0 bridgehead atoms. The maximum atomic E-state index is 12.2. The fourth-order valence-electron chi connectivity index (χ4n) is 1.83. The van der Waals surface area contributed by atoms with Crippen molar-refractivity contribution in [3.63, 3.8) is 0 Å². The molecular formula is C16H16ClNO5. The number of carbonyl (C=O) groups excluding carboxylic acids is 2. The van der Waals surface area contributed by atoms with E-state index in [1.165, 1.54) is 26.4 Å². The third-order valence-corrected chi connectivity index (χ3v) is 3.52. The highest BCUT2D eigenvalue weighted by Gasteiger charge is 2.21. The number of hydrogen-bond donors (Lipinski definition) is 1. The van der Waals surface area contributed by atoms with Crippen LogP contribution in [0.4, 0.5) is 5.69 Å². The molecule has 0 unspecified atom stereocenters. The Balaban J connectivity index is 2.06. The van der Waals surface area contributed by atoms with Gasteiger partial charge in [0.2, 0.25) is 5.76 Å². The highest BCUT2D eigenvalue weighted by atomic mass is 35.5. The van der Waals surface area contributed by atoms with Gasteiger partial charge in [0.25, 0.3) is 5.91 Å². The zero-order valence-electron chi connectivity index (χ0n) is 12.9. The Bertz CT molecular complexity index is 712. The van der Waals surface area contributed by atoms with E-state index in [9.17, 15) is 9.59 Å². The number of anilines is 1. The number of benzene rings is 1. The second kappa shape index (κ2) is 7.19. The number of carbonyl (C=O) groups is 2. The van der Waals surface area contributed by atoms with E-state index in [1.54, 1.807) is 25.1 Å². The molecule has 23 heavy (non-hydrogen) atoms. The van der Waals surface area contributed by atoms with Gasteiger partial charge >= 0.3 is 5.97 Å². The van der Waals surface area contributed by atoms with E-state index in [4.69, 9.17) is 25.5 Å². The SMILES string of the molecule is COc1cc(Cl)c(C)cc1NC(=O)[C@H](C)OC(=O)c1ccco1. The Kier molecular flexibility index (Phi) is 5.28. The Morgan fingerprint density at radius 3 is 2.70 bits per heavy atom. The van der Waals surface area contributed by atoms with Crippen LogP contribution in [-0.2, 0) is 9.53 Å². The Hall–Kier alpha value is -2.47. The summed E-state index contributed by atoms with van der Waals surface area (Å²) in [6, 6.07) is 6.30. The van der Waals surface area contributed by atoms with E-state index >= 15 is 0 Å². The van der Waals surface area contributed by atoms with Crippen LogP contribution < -0.4 is 10.1 Å². The van der Waals surface area contributed by atoms with Gasteiger partial charge in [-0.1, -0.05) is 11.6 Å². The van der Waals surface area contributed by atoms with Gasteiger partial charge in [-0.05, 0) is 37.6 Å². The van der Waals surface area contributed by atoms with Crippen LogP contribution in [-0.4, -0.2) is 25.1 Å². The Labute approximate surface area is 138 Å². The number of aryl methyl sites for hydroxylation is 1. The first-order valence-electron chi connectivity index (χ1n) is 6.82. The molecule has 0 aliphatic rings. The van der Waals surface area contributed by atoms with Crippen molar-refractivity contribution in [1.29, 1.82) is 0 Å². The van der Waals surface area contributed by atoms with Crippen molar-refractivity contribution in [3.8, 4) is 5.75 Å². The van der Waals surface area contributed by atoms with Gasteiger partial charge in [0.1, 0.15) is 5.75 Å². The first-order chi connectivity index (χ1) is 10.9. The van der Waals surface area contributed by atoms with Gasteiger partial charge in [-0.15, -0.1) is 0 Å². The lowest BCUT2D eigenvalue weighted by atomic mass is 10.2. The number of rotatable bonds is 5. The number of esters is 1. The molecule has 0 aliphatic carbocycles. The number of furan rings is 1. The molecule has 1 N–H and O–H groups in total. The fraction of sp³-hybridized carbons (Fsp3) is 0.250. The van der Waals surface area contributed by atoms with Crippen molar-refractivity contribution >= 4 is 29.2 Å². The minimum Gasteiger partial charge on any atom is -0.495 e. The molecule has 7 heteroatoms. The maximum Gasteiger partial charge on any atom is 0.374 e. The molecule has 0 radical (unpaired) electrons. The van der Waals surface area contributed by atoms with Crippen LogP contribution >= 0.6 is 11.6 Å². The van der Waals surface area contributed by atoms with Gasteiger partial charge in [-0.25, -0.2) is 4.79 Å². The topological polar surface area (TPSA) is 77.8 Å². The van der Waals surface area contributed by atoms with E-state index in [0.29, 0.717) is 16.5 Å². The van der Waals surface area contributed by atoms with Gasteiger partial charge in [-0.2, -0.15) is 0 Å². The van der Waals surface area contributed by atoms with Crippen LogP contribution in [0.2, 0.25) is 5.02 Å². The summed E-state index contributed by atoms with van der Waals surface area (Å²) in [5.41, 5.74) is 1.23. The molecule has 1 aromatic carbocycles. The second-order valence-electron chi connectivity index (χ2n) is 4.82. The summed E-state index contributed by atoms with van der Waals surface area (Å²) in [7, 11) is 1.47. The van der Waals surface area contributed by atoms with Crippen molar-refractivity contribution in [2.75, 3.05) is 12.4 Å². The largest absolute Gasteiger partial charge is 0.495 e. The van der Waals surface area contributed by atoms with Gasteiger partial charge in [-0.3, -0.25) is 4.79 Å². The highest BCUT2D eigenvalue weighted by Crippen LogP contribution is 2.31. The van der Waals surface area contributed by atoms with Crippen LogP contribution in [0, 0.1) is 6.92 Å². The van der Waals surface area contributed by atoms with Crippen molar-refractivity contribution in [2.45, 2.75) is 20.0 Å².